The summed E-state index contributed by atoms with van der Waals surface area (Å²) < 4.78 is 5.85. The molecule has 0 radical (unpaired) electrons. The molecule has 0 aliphatic carbocycles. The number of rotatable bonds is 3. The topological polar surface area (TPSA) is 45.4 Å². The zero-order chi connectivity index (χ0) is 15.6. The van der Waals surface area contributed by atoms with Crippen molar-refractivity contribution in [2.45, 2.75) is 6.54 Å². The predicted octanol–water partition coefficient (Wildman–Crippen LogP) is 3.20. The van der Waals surface area contributed by atoms with Crippen LogP contribution >= 0.6 is 11.6 Å². The average molecular weight is 329 g/mol. The van der Waals surface area contributed by atoms with Crippen LogP contribution in [0.15, 0.2) is 47.1 Å². The van der Waals surface area contributed by atoms with E-state index in [0.29, 0.717) is 11.0 Å². The van der Waals surface area contributed by atoms with Gasteiger partial charge in [-0.1, -0.05) is 11.6 Å². The maximum Gasteiger partial charge on any atom is 0.298 e. The molecule has 0 saturated carbocycles. The van der Waals surface area contributed by atoms with Crippen molar-refractivity contribution in [2.24, 2.45) is 0 Å². The van der Waals surface area contributed by atoms with Crippen LogP contribution in [0, 0.1) is 0 Å². The monoisotopic (exact) mass is 328 g/mol. The van der Waals surface area contributed by atoms with E-state index in [4.69, 9.17) is 16.0 Å². The molecule has 23 heavy (non-hydrogen) atoms. The third kappa shape index (κ3) is 3.16. The van der Waals surface area contributed by atoms with E-state index in [0.717, 1.165) is 43.8 Å². The first-order chi connectivity index (χ1) is 11.3. The number of hydrogen-bond acceptors (Lipinski definition) is 5. The predicted molar refractivity (Wildman–Crippen MR) is 90.7 cm³/mol. The number of oxazole rings is 1. The highest BCUT2D eigenvalue weighted by molar-refractivity contribution is 6.31. The summed E-state index contributed by atoms with van der Waals surface area (Å²) in [6.45, 7) is 4.75. The van der Waals surface area contributed by atoms with Gasteiger partial charge in [-0.05, 0) is 29.8 Å². The van der Waals surface area contributed by atoms with Crippen molar-refractivity contribution in [3.8, 4) is 0 Å². The lowest BCUT2D eigenvalue weighted by atomic mass is 10.2. The van der Waals surface area contributed by atoms with Gasteiger partial charge in [-0.3, -0.25) is 9.88 Å². The third-order valence-corrected chi connectivity index (χ3v) is 4.37. The second-order valence-corrected chi connectivity index (χ2v) is 6.16. The van der Waals surface area contributed by atoms with Crippen LogP contribution in [0.2, 0.25) is 5.02 Å². The number of nitrogens with zero attached hydrogens (tertiary/aromatic N) is 4. The molecule has 1 fully saturated rings. The number of fused-ring (bicyclic) bond motifs is 1. The molecule has 0 bridgehead atoms. The molecule has 0 spiro atoms. The zero-order valence-electron chi connectivity index (χ0n) is 12.7. The Bertz CT molecular complexity index is 797. The molecule has 1 aromatic carbocycles. The highest BCUT2D eigenvalue weighted by atomic mass is 35.5. The van der Waals surface area contributed by atoms with Crippen molar-refractivity contribution >= 4 is 28.7 Å². The van der Waals surface area contributed by atoms with Crippen LogP contribution in [0.3, 0.4) is 0 Å². The van der Waals surface area contributed by atoms with Crippen LogP contribution in [0.1, 0.15) is 5.56 Å². The van der Waals surface area contributed by atoms with Gasteiger partial charge >= 0.3 is 0 Å². The SMILES string of the molecule is Clc1ccc2nc(N3CCN(Cc4ccncc4)CC3)oc2c1. The normalized spacial score (nSPS) is 16.1. The van der Waals surface area contributed by atoms with Gasteiger partial charge in [0, 0.05) is 56.2 Å². The zero-order valence-corrected chi connectivity index (χ0v) is 13.4. The number of benzene rings is 1. The molecule has 118 valence electrons. The number of anilines is 1. The summed E-state index contributed by atoms with van der Waals surface area (Å²) in [7, 11) is 0. The number of aromatic nitrogens is 2. The summed E-state index contributed by atoms with van der Waals surface area (Å²) in [5.41, 5.74) is 2.89. The maximum atomic E-state index is 6.00. The first-order valence-electron chi connectivity index (χ1n) is 7.70. The molecule has 3 aromatic rings. The first kappa shape index (κ1) is 14.5. The van der Waals surface area contributed by atoms with Gasteiger partial charge in [-0.15, -0.1) is 0 Å². The summed E-state index contributed by atoms with van der Waals surface area (Å²) in [4.78, 5) is 13.2. The Morgan fingerprint density at radius 2 is 1.83 bits per heavy atom. The summed E-state index contributed by atoms with van der Waals surface area (Å²) in [6.07, 6.45) is 3.68. The number of hydrogen-bond donors (Lipinski definition) is 0. The number of pyridine rings is 1. The third-order valence-electron chi connectivity index (χ3n) is 4.14. The standard InChI is InChI=1S/C17H17ClN4O/c18-14-1-2-15-16(11-14)23-17(20-15)22-9-7-21(8-10-22)12-13-3-5-19-6-4-13/h1-6,11H,7-10,12H2. The van der Waals surface area contributed by atoms with Gasteiger partial charge in [0.2, 0.25) is 0 Å². The first-order valence-corrected chi connectivity index (χ1v) is 8.08. The Kier molecular flexibility index (Phi) is 3.89. The maximum absolute atomic E-state index is 6.00. The van der Waals surface area contributed by atoms with Gasteiger partial charge < -0.3 is 9.32 Å². The van der Waals surface area contributed by atoms with Crippen molar-refractivity contribution in [3.63, 3.8) is 0 Å². The molecule has 0 amide bonds. The Hall–Kier alpha value is -2.11. The van der Waals surface area contributed by atoms with Crippen molar-refractivity contribution in [3.05, 3.63) is 53.3 Å². The Morgan fingerprint density at radius 3 is 2.61 bits per heavy atom. The number of piperazine rings is 1. The smallest absolute Gasteiger partial charge is 0.298 e. The van der Waals surface area contributed by atoms with Crippen molar-refractivity contribution in [2.75, 3.05) is 31.1 Å². The van der Waals surface area contributed by atoms with Gasteiger partial charge in [0.1, 0.15) is 5.52 Å². The molecule has 1 aliphatic rings. The molecule has 3 heterocycles. The average Bonchev–Trinajstić information content (AvgIpc) is 2.99. The van der Waals surface area contributed by atoms with Gasteiger partial charge in [0.05, 0.1) is 0 Å². The molecule has 0 N–H and O–H groups in total. The lowest BCUT2D eigenvalue weighted by molar-refractivity contribution is 0.245. The second kappa shape index (κ2) is 6.18. The molecule has 2 aromatic heterocycles. The lowest BCUT2D eigenvalue weighted by Gasteiger charge is -2.33. The molecular weight excluding hydrogens is 312 g/mol. The molecule has 5 nitrogen and oxygen atoms in total. The summed E-state index contributed by atoms with van der Waals surface area (Å²) in [5.74, 6) is 0. The van der Waals surface area contributed by atoms with Crippen molar-refractivity contribution < 1.29 is 4.42 Å². The van der Waals surface area contributed by atoms with E-state index in [1.165, 1.54) is 5.56 Å². The van der Waals surface area contributed by atoms with Crippen molar-refractivity contribution in [1.82, 2.24) is 14.9 Å². The fourth-order valence-electron chi connectivity index (χ4n) is 2.87. The summed E-state index contributed by atoms with van der Waals surface area (Å²) >= 11 is 6.00. The molecule has 1 saturated heterocycles. The van der Waals surface area contributed by atoms with E-state index in [9.17, 15) is 0 Å². The van der Waals surface area contributed by atoms with Crippen LogP contribution in [0.5, 0.6) is 0 Å². The summed E-state index contributed by atoms with van der Waals surface area (Å²) in [6, 6.07) is 10.4. The second-order valence-electron chi connectivity index (χ2n) is 5.73. The molecule has 0 unspecified atom stereocenters. The molecule has 6 heteroatoms. The Balaban J connectivity index is 1.42. The lowest BCUT2D eigenvalue weighted by Crippen LogP contribution is -2.46. The van der Waals surface area contributed by atoms with E-state index >= 15 is 0 Å². The molecule has 0 atom stereocenters. The fourth-order valence-corrected chi connectivity index (χ4v) is 3.03. The van der Waals surface area contributed by atoms with Gasteiger partial charge in [-0.2, -0.15) is 4.98 Å². The van der Waals surface area contributed by atoms with E-state index in [2.05, 4.69) is 31.9 Å². The largest absolute Gasteiger partial charge is 0.423 e. The highest BCUT2D eigenvalue weighted by Crippen LogP contribution is 2.25. The van der Waals surface area contributed by atoms with E-state index < -0.39 is 0 Å². The van der Waals surface area contributed by atoms with Gasteiger partial charge in [0.15, 0.2) is 5.58 Å². The summed E-state index contributed by atoms with van der Waals surface area (Å²) in [5, 5.41) is 0.669. The molecule has 1 aliphatic heterocycles. The van der Waals surface area contributed by atoms with Crippen LogP contribution in [0.25, 0.3) is 11.1 Å². The van der Waals surface area contributed by atoms with Crippen LogP contribution in [-0.4, -0.2) is 41.0 Å². The van der Waals surface area contributed by atoms with Crippen LogP contribution in [0.4, 0.5) is 6.01 Å². The van der Waals surface area contributed by atoms with Crippen LogP contribution in [-0.2, 0) is 6.54 Å². The molecular formula is C17H17ClN4O. The Labute approximate surface area is 139 Å². The van der Waals surface area contributed by atoms with Gasteiger partial charge in [0.25, 0.3) is 6.01 Å². The van der Waals surface area contributed by atoms with E-state index in [-0.39, 0.29) is 0 Å². The fraction of sp³-hybridized carbons (Fsp3) is 0.294. The van der Waals surface area contributed by atoms with Crippen molar-refractivity contribution in [1.29, 1.82) is 0 Å². The minimum Gasteiger partial charge on any atom is -0.423 e. The minimum atomic E-state index is 0.669. The Morgan fingerprint density at radius 1 is 1.04 bits per heavy atom. The van der Waals surface area contributed by atoms with E-state index in [1.807, 2.05) is 30.6 Å². The number of halogens is 1. The van der Waals surface area contributed by atoms with Gasteiger partial charge in [-0.25, -0.2) is 0 Å². The van der Waals surface area contributed by atoms with E-state index in [1.54, 1.807) is 0 Å². The minimum absolute atomic E-state index is 0.669. The quantitative estimate of drug-likeness (QED) is 0.739. The molecule has 4 rings (SSSR count). The highest BCUT2D eigenvalue weighted by Gasteiger charge is 2.21. The van der Waals surface area contributed by atoms with Crippen LogP contribution < -0.4 is 4.90 Å².